The quantitative estimate of drug-likeness (QED) is 0.0199. The molecule has 0 aliphatic carbocycles. The van der Waals surface area contributed by atoms with E-state index >= 15 is 0 Å². The second kappa shape index (κ2) is 54.2. The molecular weight excluding hydrogens is 817 g/mol. The van der Waals surface area contributed by atoms with Gasteiger partial charge >= 0.3 is 17.9 Å². The van der Waals surface area contributed by atoms with Crippen LogP contribution in [0.3, 0.4) is 0 Å². The Hall–Kier alpha value is -3.41. The monoisotopic (exact) mass is 919 g/mol. The minimum atomic E-state index is -0.792. The molecule has 66 heavy (non-hydrogen) atoms. The summed E-state index contributed by atoms with van der Waals surface area (Å²) in [5, 5.41) is 0. The van der Waals surface area contributed by atoms with Crippen molar-refractivity contribution in [3.05, 3.63) is 85.1 Å². The number of hydrogen-bond acceptors (Lipinski definition) is 6. The molecule has 1 unspecified atom stereocenters. The van der Waals surface area contributed by atoms with Crippen molar-refractivity contribution >= 4 is 17.9 Å². The lowest BCUT2D eigenvalue weighted by Gasteiger charge is -2.18. The second-order valence-electron chi connectivity index (χ2n) is 18.1. The van der Waals surface area contributed by atoms with Gasteiger partial charge in [0.2, 0.25) is 0 Å². The molecule has 0 heterocycles. The van der Waals surface area contributed by atoms with Crippen LogP contribution in [0.15, 0.2) is 85.1 Å². The topological polar surface area (TPSA) is 78.9 Å². The third kappa shape index (κ3) is 51.6. The van der Waals surface area contributed by atoms with Crippen molar-refractivity contribution in [1.82, 2.24) is 0 Å². The summed E-state index contributed by atoms with van der Waals surface area (Å²) in [6, 6.07) is 0. The van der Waals surface area contributed by atoms with Crippen LogP contribution >= 0.6 is 0 Å². The van der Waals surface area contributed by atoms with Crippen LogP contribution in [0.5, 0.6) is 0 Å². The Balaban J connectivity index is 4.40. The number of ether oxygens (including phenoxy) is 3. The molecule has 1 atom stereocenters. The van der Waals surface area contributed by atoms with Crippen LogP contribution in [0.1, 0.15) is 258 Å². The zero-order valence-corrected chi connectivity index (χ0v) is 43.2. The first-order valence-corrected chi connectivity index (χ1v) is 27.6. The minimum absolute atomic E-state index is 0.0895. The van der Waals surface area contributed by atoms with Gasteiger partial charge in [0.25, 0.3) is 0 Å². The summed E-state index contributed by atoms with van der Waals surface area (Å²) in [5.74, 6) is -0.921. The summed E-state index contributed by atoms with van der Waals surface area (Å²) in [7, 11) is 0. The SMILES string of the molecule is CC/C=C/C=C/C=C/CCCCCCCC(=O)OCC(COC(=O)CCCCCCCCCCC/C=C/C/C=C/C/C=C/CC)OC(=O)CCCCCCC/C=C/CCCCCCCCC. The van der Waals surface area contributed by atoms with Gasteiger partial charge in [-0.2, -0.15) is 0 Å². The average molecular weight is 919 g/mol. The summed E-state index contributed by atoms with van der Waals surface area (Å²) < 4.78 is 16.8. The summed E-state index contributed by atoms with van der Waals surface area (Å²) in [6.45, 7) is 6.37. The minimum Gasteiger partial charge on any atom is -0.462 e. The van der Waals surface area contributed by atoms with E-state index in [9.17, 15) is 14.4 Å². The third-order valence-corrected chi connectivity index (χ3v) is 11.7. The maximum Gasteiger partial charge on any atom is 0.306 e. The van der Waals surface area contributed by atoms with Crippen molar-refractivity contribution in [3.8, 4) is 0 Å². The van der Waals surface area contributed by atoms with Crippen molar-refractivity contribution in [2.24, 2.45) is 0 Å². The third-order valence-electron chi connectivity index (χ3n) is 11.7. The molecule has 0 aliphatic rings. The Kier molecular flexibility index (Phi) is 51.4. The van der Waals surface area contributed by atoms with E-state index in [2.05, 4.69) is 106 Å². The number of esters is 3. The lowest BCUT2D eigenvalue weighted by molar-refractivity contribution is -0.167. The smallest absolute Gasteiger partial charge is 0.306 e. The molecule has 0 amide bonds. The summed E-state index contributed by atoms with van der Waals surface area (Å²) in [5.41, 5.74) is 0. The van der Waals surface area contributed by atoms with Crippen molar-refractivity contribution in [1.29, 1.82) is 0 Å². The standard InChI is InChI=1S/C60H102O6/c1-4-7-10-13-16-19-22-25-27-29-30-31-33-35-38-41-44-47-50-53-59(62)65-56-57(55-64-58(61)52-49-46-43-40-37-34-24-21-18-15-12-9-6-3)66-60(63)54-51-48-45-42-39-36-32-28-26-23-20-17-14-11-8-5-2/h7,9-10,12,15-16,18-19,21,24-25,27-28,32,57H,4-6,8,11,13-14,17,20,22-23,26,29-31,33-56H2,1-3H3/b10-7+,12-9+,18-15+,19-16+,24-21+,27-25+,32-28+. The van der Waals surface area contributed by atoms with E-state index in [4.69, 9.17) is 14.2 Å². The van der Waals surface area contributed by atoms with Crippen molar-refractivity contribution in [2.75, 3.05) is 13.2 Å². The molecule has 0 radical (unpaired) electrons. The van der Waals surface area contributed by atoms with Crippen LogP contribution < -0.4 is 0 Å². The molecule has 0 saturated carbocycles. The summed E-state index contributed by atoms with van der Waals surface area (Å²) in [6.07, 6.45) is 70.0. The van der Waals surface area contributed by atoms with Crippen LogP contribution in [0.4, 0.5) is 0 Å². The van der Waals surface area contributed by atoms with Crippen LogP contribution in [-0.2, 0) is 28.6 Å². The molecule has 378 valence electrons. The Labute approximate surface area is 407 Å². The Morgan fingerprint density at radius 3 is 1.11 bits per heavy atom. The fraction of sp³-hybridized carbons (Fsp3) is 0.717. The van der Waals surface area contributed by atoms with Crippen LogP contribution in [0, 0.1) is 0 Å². The molecular formula is C60H102O6. The van der Waals surface area contributed by atoms with E-state index in [1.54, 1.807) is 0 Å². The molecule has 0 bridgehead atoms. The van der Waals surface area contributed by atoms with Gasteiger partial charge in [-0.25, -0.2) is 0 Å². The van der Waals surface area contributed by atoms with Gasteiger partial charge < -0.3 is 14.2 Å². The summed E-state index contributed by atoms with van der Waals surface area (Å²) in [4.78, 5) is 38.1. The van der Waals surface area contributed by atoms with Gasteiger partial charge in [0.1, 0.15) is 13.2 Å². The van der Waals surface area contributed by atoms with E-state index in [0.717, 1.165) is 116 Å². The average Bonchev–Trinajstić information content (AvgIpc) is 3.31. The highest BCUT2D eigenvalue weighted by atomic mass is 16.6. The lowest BCUT2D eigenvalue weighted by Crippen LogP contribution is -2.30. The van der Waals surface area contributed by atoms with Crippen LogP contribution in [0.25, 0.3) is 0 Å². The van der Waals surface area contributed by atoms with E-state index < -0.39 is 6.10 Å². The molecule has 0 aliphatic heterocycles. The van der Waals surface area contributed by atoms with Crippen LogP contribution in [-0.4, -0.2) is 37.2 Å². The van der Waals surface area contributed by atoms with Gasteiger partial charge in [0, 0.05) is 19.3 Å². The molecule has 6 nitrogen and oxygen atoms in total. The largest absolute Gasteiger partial charge is 0.462 e. The first-order valence-electron chi connectivity index (χ1n) is 27.6. The van der Waals surface area contributed by atoms with Gasteiger partial charge in [-0.15, -0.1) is 0 Å². The molecule has 0 saturated heterocycles. The highest BCUT2D eigenvalue weighted by Crippen LogP contribution is 2.15. The Morgan fingerprint density at radius 2 is 0.667 bits per heavy atom. The first kappa shape index (κ1) is 62.6. The Morgan fingerprint density at radius 1 is 0.333 bits per heavy atom. The zero-order chi connectivity index (χ0) is 47.9. The molecule has 0 aromatic rings. The number of allylic oxidation sites excluding steroid dienone is 14. The highest BCUT2D eigenvalue weighted by Gasteiger charge is 2.19. The maximum atomic E-state index is 12.8. The number of hydrogen-bond donors (Lipinski definition) is 0. The maximum absolute atomic E-state index is 12.8. The molecule has 0 aromatic carbocycles. The predicted molar refractivity (Wildman–Crippen MR) is 284 cm³/mol. The second-order valence-corrected chi connectivity index (χ2v) is 18.1. The normalized spacial score (nSPS) is 12.7. The molecule has 0 fully saturated rings. The van der Waals surface area contributed by atoms with Gasteiger partial charge in [0.15, 0.2) is 6.10 Å². The van der Waals surface area contributed by atoms with Gasteiger partial charge in [0.05, 0.1) is 0 Å². The molecule has 0 aromatic heterocycles. The molecule has 0 N–H and O–H groups in total. The number of unbranched alkanes of at least 4 members (excludes halogenated alkanes) is 26. The van der Waals surface area contributed by atoms with Crippen molar-refractivity contribution in [3.63, 3.8) is 0 Å². The number of carbonyl (C=O) groups excluding carboxylic acids is 3. The van der Waals surface area contributed by atoms with Gasteiger partial charge in [-0.1, -0.05) is 228 Å². The van der Waals surface area contributed by atoms with Crippen molar-refractivity contribution < 1.29 is 28.6 Å². The van der Waals surface area contributed by atoms with E-state index in [0.29, 0.717) is 19.3 Å². The number of rotatable bonds is 49. The predicted octanol–water partition coefficient (Wildman–Crippen LogP) is 18.4. The van der Waals surface area contributed by atoms with Crippen LogP contribution in [0.2, 0.25) is 0 Å². The molecule has 0 spiro atoms. The van der Waals surface area contributed by atoms with E-state index in [1.807, 2.05) is 0 Å². The fourth-order valence-electron chi connectivity index (χ4n) is 7.57. The fourth-order valence-corrected chi connectivity index (χ4v) is 7.57. The first-order chi connectivity index (χ1) is 32.5. The molecule has 0 rings (SSSR count). The van der Waals surface area contributed by atoms with E-state index in [-0.39, 0.29) is 31.1 Å². The highest BCUT2D eigenvalue weighted by molar-refractivity contribution is 5.71. The molecule has 6 heteroatoms. The number of carbonyl (C=O) groups is 3. The lowest BCUT2D eigenvalue weighted by atomic mass is 10.1. The zero-order valence-electron chi connectivity index (χ0n) is 43.2. The van der Waals surface area contributed by atoms with E-state index in [1.165, 1.54) is 103 Å². The Bertz CT molecular complexity index is 1290. The van der Waals surface area contributed by atoms with Gasteiger partial charge in [-0.3, -0.25) is 14.4 Å². The van der Waals surface area contributed by atoms with Crippen molar-refractivity contribution in [2.45, 2.75) is 264 Å². The van der Waals surface area contributed by atoms with Gasteiger partial charge in [-0.05, 0) is 96.3 Å². The summed E-state index contributed by atoms with van der Waals surface area (Å²) >= 11 is 0.